The van der Waals surface area contributed by atoms with Crippen molar-refractivity contribution in [2.45, 2.75) is 6.92 Å². The molecule has 0 fully saturated rings. The van der Waals surface area contributed by atoms with E-state index in [1.54, 1.807) is 0 Å². The second-order valence-electron chi connectivity index (χ2n) is 2.62. The number of nitrogens with zero attached hydrogens (tertiary/aromatic N) is 2. The Hall–Kier alpha value is -1.31. The molecule has 0 radical (unpaired) electrons. The fourth-order valence-corrected chi connectivity index (χ4v) is 1.23. The molecule has 56 valence electrons. The van der Waals surface area contributed by atoms with Crippen molar-refractivity contribution in [3.8, 4) is 0 Å². The number of fused-ring (bicyclic) bond motifs is 1. The Morgan fingerprint density at radius 3 is 3.18 bits per heavy atom. The minimum Gasteiger partial charge on any atom is -0.306 e. The maximum atomic E-state index is 4.33. The SMILES string of the molecule is CC1=CCN=C2C=CC=CN12. The number of amidine groups is 1. The van der Waals surface area contributed by atoms with Crippen molar-refractivity contribution in [3.05, 3.63) is 36.2 Å². The normalized spacial score (nSPS) is 21.0. The third-order valence-corrected chi connectivity index (χ3v) is 1.86. The highest BCUT2D eigenvalue weighted by Gasteiger charge is 2.11. The van der Waals surface area contributed by atoms with Gasteiger partial charge in [0.25, 0.3) is 0 Å². The van der Waals surface area contributed by atoms with Crippen molar-refractivity contribution in [1.29, 1.82) is 0 Å². The van der Waals surface area contributed by atoms with Crippen LogP contribution in [0.1, 0.15) is 6.92 Å². The zero-order valence-corrected chi connectivity index (χ0v) is 6.49. The molecular weight excluding hydrogens is 136 g/mol. The van der Waals surface area contributed by atoms with E-state index in [1.807, 2.05) is 24.4 Å². The van der Waals surface area contributed by atoms with E-state index in [-0.39, 0.29) is 0 Å². The summed E-state index contributed by atoms with van der Waals surface area (Å²) in [5.41, 5.74) is 1.26. The van der Waals surface area contributed by atoms with Gasteiger partial charge in [-0.1, -0.05) is 6.08 Å². The maximum Gasteiger partial charge on any atom is 0.132 e. The Kier molecular flexibility index (Phi) is 1.39. The summed E-state index contributed by atoms with van der Waals surface area (Å²) >= 11 is 0. The zero-order chi connectivity index (χ0) is 7.68. The number of hydrogen-bond donors (Lipinski definition) is 0. The summed E-state index contributed by atoms with van der Waals surface area (Å²) in [5.74, 6) is 1.05. The van der Waals surface area contributed by atoms with Crippen LogP contribution in [0.15, 0.2) is 41.2 Å². The van der Waals surface area contributed by atoms with Gasteiger partial charge in [0.2, 0.25) is 0 Å². The first-order valence-corrected chi connectivity index (χ1v) is 3.73. The third-order valence-electron chi connectivity index (χ3n) is 1.86. The molecular formula is C9H10N2. The largest absolute Gasteiger partial charge is 0.306 e. The third kappa shape index (κ3) is 1.00. The molecule has 11 heavy (non-hydrogen) atoms. The van der Waals surface area contributed by atoms with E-state index < -0.39 is 0 Å². The number of aliphatic imine (C=N–C) groups is 1. The molecule has 2 aliphatic heterocycles. The second kappa shape index (κ2) is 2.38. The number of rotatable bonds is 0. The molecule has 0 unspecified atom stereocenters. The average molecular weight is 146 g/mol. The van der Waals surface area contributed by atoms with Crippen molar-refractivity contribution in [2.24, 2.45) is 4.99 Å². The molecule has 0 N–H and O–H groups in total. The molecule has 0 saturated heterocycles. The van der Waals surface area contributed by atoms with Crippen molar-refractivity contribution < 1.29 is 0 Å². The standard InChI is InChI=1S/C9H10N2/c1-8-5-6-10-9-4-2-3-7-11(8)9/h2-5,7H,6H2,1H3. The van der Waals surface area contributed by atoms with Crippen molar-refractivity contribution in [1.82, 2.24) is 4.90 Å². The van der Waals surface area contributed by atoms with Crippen LogP contribution in [0.25, 0.3) is 0 Å². The highest BCUT2D eigenvalue weighted by Crippen LogP contribution is 2.14. The molecule has 0 bridgehead atoms. The van der Waals surface area contributed by atoms with Crippen LogP contribution in [0.5, 0.6) is 0 Å². The minimum atomic E-state index is 0.815. The van der Waals surface area contributed by atoms with Gasteiger partial charge in [-0.2, -0.15) is 0 Å². The molecule has 2 heterocycles. The van der Waals surface area contributed by atoms with Crippen LogP contribution >= 0.6 is 0 Å². The van der Waals surface area contributed by atoms with Crippen molar-refractivity contribution >= 4 is 5.84 Å². The first-order chi connectivity index (χ1) is 5.38. The average Bonchev–Trinajstić information content (AvgIpc) is 2.06. The van der Waals surface area contributed by atoms with Crippen molar-refractivity contribution in [3.63, 3.8) is 0 Å². The lowest BCUT2D eigenvalue weighted by Crippen LogP contribution is -2.26. The molecule has 0 amide bonds. The summed E-state index contributed by atoms with van der Waals surface area (Å²) in [4.78, 5) is 6.42. The number of hydrogen-bond acceptors (Lipinski definition) is 2. The summed E-state index contributed by atoms with van der Waals surface area (Å²) in [5, 5.41) is 0. The van der Waals surface area contributed by atoms with E-state index in [9.17, 15) is 0 Å². The lowest BCUT2D eigenvalue weighted by molar-refractivity contribution is 0.667. The van der Waals surface area contributed by atoms with Crippen LogP contribution in [0.4, 0.5) is 0 Å². The Morgan fingerprint density at radius 2 is 2.36 bits per heavy atom. The molecule has 0 spiro atoms. The molecule has 0 atom stereocenters. The number of allylic oxidation sites excluding steroid dienone is 3. The molecule has 0 saturated carbocycles. The summed E-state index contributed by atoms with van der Waals surface area (Å²) in [7, 11) is 0. The lowest BCUT2D eigenvalue weighted by Gasteiger charge is -2.25. The summed E-state index contributed by atoms with van der Waals surface area (Å²) in [6.45, 7) is 2.91. The summed E-state index contributed by atoms with van der Waals surface area (Å²) in [6, 6.07) is 0. The van der Waals surface area contributed by atoms with Gasteiger partial charge in [-0.05, 0) is 25.2 Å². The Labute approximate surface area is 66.2 Å². The first-order valence-electron chi connectivity index (χ1n) is 3.73. The predicted molar refractivity (Wildman–Crippen MR) is 46.2 cm³/mol. The molecule has 2 rings (SSSR count). The zero-order valence-electron chi connectivity index (χ0n) is 6.49. The first kappa shape index (κ1) is 6.40. The van der Waals surface area contributed by atoms with Gasteiger partial charge < -0.3 is 4.90 Å². The highest BCUT2D eigenvalue weighted by molar-refractivity contribution is 5.96. The van der Waals surface area contributed by atoms with Gasteiger partial charge in [-0.15, -0.1) is 0 Å². The van der Waals surface area contributed by atoms with E-state index >= 15 is 0 Å². The second-order valence-corrected chi connectivity index (χ2v) is 2.62. The van der Waals surface area contributed by atoms with Crippen LogP contribution < -0.4 is 0 Å². The van der Waals surface area contributed by atoms with Crippen LogP contribution in [0, 0.1) is 0 Å². The quantitative estimate of drug-likeness (QED) is 0.507. The molecule has 2 aliphatic rings. The monoisotopic (exact) mass is 146 g/mol. The minimum absolute atomic E-state index is 0.815. The molecule has 0 aliphatic carbocycles. The summed E-state index contributed by atoms with van der Waals surface area (Å²) in [6.07, 6.45) is 10.2. The molecule has 0 aromatic heterocycles. The van der Waals surface area contributed by atoms with Gasteiger partial charge in [-0.25, -0.2) is 0 Å². The molecule has 0 aromatic rings. The van der Waals surface area contributed by atoms with Crippen LogP contribution in [-0.4, -0.2) is 17.3 Å². The Bertz CT molecular complexity index is 282. The van der Waals surface area contributed by atoms with E-state index in [1.165, 1.54) is 5.70 Å². The fourth-order valence-electron chi connectivity index (χ4n) is 1.23. The maximum absolute atomic E-state index is 4.33. The summed E-state index contributed by atoms with van der Waals surface area (Å²) < 4.78 is 0. The van der Waals surface area contributed by atoms with Gasteiger partial charge in [-0.3, -0.25) is 4.99 Å². The Morgan fingerprint density at radius 1 is 1.45 bits per heavy atom. The predicted octanol–water partition coefficient (Wildman–Crippen LogP) is 1.69. The van der Waals surface area contributed by atoms with Crippen LogP contribution in [0.3, 0.4) is 0 Å². The van der Waals surface area contributed by atoms with Crippen molar-refractivity contribution in [2.75, 3.05) is 6.54 Å². The van der Waals surface area contributed by atoms with E-state index in [0.717, 1.165) is 12.4 Å². The van der Waals surface area contributed by atoms with Crippen LogP contribution in [-0.2, 0) is 0 Å². The van der Waals surface area contributed by atoms with E-state index in [0.29, 0.717) is 0 Å². The van der Waals surface area contributed by atoms with Crippen LogP contribution in [0.2, 0.25) is 0 Å². The van der Waals surface area contributed by atoms with Gasteiger partial charge >= 0.3 is 0 Å². The van der Waals surface area contributed by atoms with Gasteiger partial charge in [0.1, 0.15) is 5.84 Å². The van der Waals surface area contributed by atoms with E-state index in [4.69, 9.17) is 0 Å². The molecule has 2 heteroatoms. The van der Waals surface area contributed by atoms with E-state index in [2.05, 4.69) is 22.9 Å². The topological polar surface area (TPSA) is 15.6 Å². The fraction of sp³-hybridized carbons (Fsp3) is 0.222. The van der Waals surface area contributed by atoms with Gasteiger partial charge in [0.05, 0.1) is 6.54 Å². The molecule has 2 nitrogen and oxygen atoms in total. The Balaban J connectivity index is 2.35. The highest BCUT2D eigenvalue weighted by atomic mass is 15.2. The van der Waals surface area contributed by atoms with Gasteiger partial charge in [0, 0.05) is 11.9 Å². The molecule has 0 aromatic carbocycles. The van der Waals surface area contributed by atoms with Gasteiger partial charge in [0.15, 0.2) is 0 Å². The lowest BCUT2D eigenvalue weighted by atomic mass is 10.2. The smallest absolute Gasteiger partial charge is 0.132 e.